The molecule has 0 saturated heterocycles. The summed E-state index contributed by atoms with van der Waals surface area (Å²) in [5, 5.41) is -0.327. The van der Waals surface area contributed by atoms with Crippen LogP contribution in [0.3, 0.4) is 0 Å². The fourth-order valence-electron chi connectivity index (χ4n) is 1.83. The molecule has 0 aliphatic rings. The van der Waals surface area contributed by atoms with Crippen LogP contribution in [0.2, 0.25) is 0 Å². The number of thiol groups is 1. The molecule has 0 bridgehead atoms. The van der Waals surface area contributed by atoms with E-state index in [1.807, 2.05) is 34.6 Å². The number of esters is 1. The van der Waals surface area contributed by atoms with Crippen LogP contribution in [-0.4, -0.2) is 29.0 Å². The fourth-order valence-corrected chi connectivity index (χ4v) is 2.09. The second-order valence-electron chi connectivity index (χ2n) is 7.67. The molecule has 0 amide bonds. The van der Waals surface area contributed by atoms with Gasteiger partial charge in [-0.25, -0.2) is 9.78 Å². The molecule has 1 atom stereocenters. The largest absolute Gasteiger partial charge is 0.465 e. The van der Waals surface area contributed by atoms with E-state index in [0.717, 1.165) is 19.3 Å². The third-order valence-corrected chi connectivity index (χ3v) is 3.79. The summed E-state index contributed by atoms with van der Waals surface area (Å²) in [6, 6.07) is 0. The van der Waals surface area contributed by atoms with Crippen LogP contribution < -0.4 is 0 Å². The summed E-state index contributed by atoms with van der Waals surface area (Å²) in [5.74, 6) is -0.239. The predicted molar refractivity (Wildman–Crippen MR) is 97.7 cm³/mol. The van der Waals surface area contributed by atoms with Crippen LogP contribution in [0.25, 0.3) is 0 Å². The lowest BCUT2D eigenvalue weighted by Gasteiger charge is -2.28. The van der Waals surface area contributed by atoms with Gasteiger partial charge in [-0.3, -0.25) is 4.79 Å². The van der Waals surface area contributed by atoms with Crippen molar-refractivity contribution < 1.29 is 19.3 Å². The Morgan fingerprint density at radius 3 is 2.17 bits per heavy atom. The van der Waals surface area contributed by atoms with Crippen LogP contribution in [0.4, 0.5) is 0 Å². The van der Waals surface area contributed by atoms with Crippen LogP contribution in [0.15, 0.2) is 0 Å². The van der Waals surface area contributed by atoms with E-state index >= 15 is 0 Å². The van der Waals surface area contributed by atoms with Gasteiger partial charge >= 0.3 is 5.97 Å². The maximum atomic E-state index is 11.9. The average molecular weight is 349 g/mol. The van der Waals surface area contributed by atoms with E-state index in [0.29, 0.717) is 13.0 Å². The van der Waals surface area contributed by atoms with E-state index < -0.39 is 5.60 Å². The zero-order valence-electron chi connectivity index (χ0n) is 15.8. The highest BCUT2D eigenvalue weighted by molar-refractivity contribution is 7.81. The molecular formula is C18H36O4S. The molecule has 0 aromatic carbocycles. The van der Waals surface area contributed by atoms with Gasteiger partial charge in [0, 0.05) is 6.42 Å². The minimum absolute atomic E-state index is 0.239. The second-order valence-corrected chi connectivity index (χ2v) is 8.30. The normalized spacial score (nSPS) is 13.9. The Kier molecular flexibility index (Phi) is 11.2. The minimum Gasteiger partial charge on any atom is -0.465 e. The molecule has 0 heterocycles. The summed E-state index contributed by atoms with van der Waals surface area (Å²) in [4.78, 5) is 22.7. The van der Waals surface area contributed by atoms with Crippen molar-refractivity contribution in [1.82, 2.24) is 0 Å². The molecule has 0 aromatic rings. The van der Waals surface area contributed by atoms with Gasteiger partial charge in [0.2, 0.25) is 0 Å². The lowest BCUT2D eigenvalue weighted by atomic mass is 10.1. The first-order chi connectivity index (χ1) is 10.6. The van der Waals surface area contributed by atoms with Crippen molar-refractivity contribution in [2.24, 2.45) is 0 Å². The first-order valence-corrected chi connectivity index (χ1v) is 9.30. The molecule has 0 aliphatic carbocycles. The number of hydrogen-bond acceptors (Lipinski definition) is 5. The standard InChI is InChI=1S/C18H36O4S/c1-7-8-9-10-11-12-15(23)16(19)20-14-13-18(5,6)22-21-17(2,3)4/h15,23H,7-14H2,1-6H3. The summed E-state index contributed by atoms with van der Waals surface area (Å²) in [7, 11) is 0. The predicted octanol–water partition coefficient (Wildman–Crippen LogP) is 5.10. The van der Waals surface area contributed by atoms with Crippen LogP contribution in [0.5, 0.6) is 0 Å². The van der Waals surface area contributed by atoms with Gasteiger partial charge < -0.3 is 4.74 Å². The maximum absolute atomic E-state index is 11.9. The number of unbranched alkanes of at least 4 members (excludes halogenated alkanes) is 4. The second kappa shape index (κ2) is 11.3. The van der Waals surface area contributed by atoms with Crippen molar-refractivity contribution in [1.29, 1.82) is 0 Å². The Bertz CT molecular complexity index is 323. The quantitative estimate of drug-likeness (QED) is 0.175. The van der Waals surface area contributed by atoms with Crippen molar-refractivity contribution in [2.75, 3.05) is 6.61 Å². The molecule has 0 rings (SSSR count). The molecule has 0 aliphatic heterocycles. The summed E-state index contributed by atoms with van der Waals surface area (Å²) in [6.07, 6.45) is 7.24. The van der Waals surface area contributed by atoms with Crippen molar-refractivity contribution in [3.63, 3.8) is 0 Å². The Labute approximate surface area is 148 Å². The van der Waals surface area contributed by atoms with Gasteiger partial charge in [-0.15, -0.1) is 0 Å². The van der Waals surface area contributed by atoms with Crippen molar-refractivity contribution >= 4 is 18.6 Å². The average Bonchev–Trinajstić information content (AvgIpc) is 2.44. The number of carbonyl (C=O) groups excluding carboxylic acids is 1. The monoisotopic (exact) mass is 348 g/mol. The van der Waals surface area contributed by atoms with Gasteiger partial charge in [-0.05, 0) is 41.0 Å². The molecule has 138 valence electrons. The molecule has 4 nitrogen and oxygen atoms in total. The van der Waals surface area contributed by atoms with E-state index in [4.69, 9.17) is 14.5 Å². The highest BCUT2D eigenvalue weighted by Crippen LogP contribution is 2.20. The number of ether oxygens (including phenoxy) is 1. The third kappa shape index (κ3) is 13.8. The van der Waals surface area contributed by atoms with Gasteiger partial charge in [-0.1, -0.05) is 39.0 Å². The van der Waals surface area contributed by atoms with Gasteiger partial charge in [-0.2, -0.15) is 12.6 Å². The summed E-state index contributed by atoms with van der Waals surface area (Å²) >= 11 is 4.34. The Hall–Kier alpha value is -0.260. The van der Waals surface area contributed by atoms with E-state index in [-0.39, 0.29) is 16.8 Å². The van der Waals surface area contributed by atoms with E-state index in [1.54, 1.807) is 0 Å². The molecule has 0 radical (unpaired) electrons. The molecule has 0 aromatic heterocycles. The van der Waals surface area contributed by atoms with Crippen LogP contribution in [-0.2, 0) is 19.3 Å². The highest BCUT2D eigenvalue weighted by Gasteiger charge is 2.25. The lowest BCUT2D eigenvalue weighted by molar-refractivity contribution is -0.398. The molecule has 0 N–H and O–H groups in total. The summed E-state index contributed by atoms with van der Waals surface area (Å²) in [5.41, 5.74) is -0.859. The summed E-state index contributed by atoms with van der Waals surface area (Å²) < 4.78 is 5.30. The van der Waals surface area contributed by atoms with Crippen LogP contribution in [0, 0.1) is 0 Å². The molecule has 0 saturated carbocycles. The highest BCUT2D eigenvalue weighted by atomic mass is 32.1. The molecular weight excluding hydrogens is 312 g/mol. The minimum atomic E-state index is -0.500. The molecule has 23 heavy (non-hydrogen) atoms. The van der Waals surface area contributed by atoms with Crippen LogP contribution in [0.1, 0.15) is 86.5 Å². The number of rotatable bonds is 12. The van der Waals surface area contributed by atoms with Crippen molar-refractivity contribution in [3.05, 3.63) is 0 Å². The van der Waals surface area contributed by atoms with E-state index in [9.17, 15) is 4.79 Å². The molecule has 0 fully saturated rings. The lowest BCUT2D eigenvalue weighted by Crippen LogP contribution is -2.32. The topological polar surface area (TPSA) is 44.8 Å². The first-order valence-electron chi connectivity index (χ1n) is 8.79. The Morgan fingerprint density at radius 1 is 1.00 bits per heavy atom. The first kappa shape index (κ1) is 22.7. The maximum Gasteiger partial charge on any atom is 0.318 e. The van der Waals surface area contributed by atoms with E-state index in [2.05, 4.69) is 19.6 Å². The molecule has 0 spiro atoms. The molecule has 5 heteroatoms. The zero-order chi connectivity index (χ0) is 17.9. The van der Waals surface area contributed by atoms with Gasteiger partial charge in [0.25, 0.3) is 0 Å². The Balaban J connectivity index is 3.86. The zero-order valence-corrected chi connectivity index (χ0v) is 16.7. The van der Waals surface area contributed by atoms with Crippen molar-refractivity contribution in [2.45, 2.75) is 103 Å². The number of hydrogen-bond donors (Lipinski definition) is 1. The third-order valence-electron chi connectivity index (χ3n) is 3.32. The molecule has 1 unspecified atom stereocenters. The SMILES string of the molecule is CCCCCCCC(S)C(=O)OCCC(C)(C)OOC(C)(C)C. The smallest absolute Gasteiger partial charge is 0.318 e. The Morgan fingerprint density at radius 2 is 1.61 bits per heavy atom. The number of carbonyl (C=O) groups is 1. The van der Waals surface area contributed by atoms with Gasteiger partial charge in [0.1, 0.15) is 5.60 Å². The van der Waals surface area contributed by atoms with Gasteiger partial charge in [0.05, 0.1) is 17.5 Å². The van der Waals surface area contributed by atoms with Gasteiger partial charge in [0.15, 0.2) is 0 Å². The van der Waals surface area contributed by atoms with Crippen molar-refractivity contribution in [3.8, 4) is 0 Å². The summed E-state index contributed by atoms with van der Waals surface area (Å²) in [6.45, 7) is 12.1. The van der Waals surface area contributed by atoms with E-state index in [1.165, 1.54) is 19.3 Å². The van der Waals surface area contributed by atoms with Crippen LogP contribution >= 0.6 is 12.6 Å². The fraction of sp³-hybridized carbons (Fsp3) is 0.944.